The fourth-order valence-electron chi connectivity index (χ4n) is 2.00. The standard InChI is InChI=1S/C17H16F3N/c1-12(2)16(21-15-9-4-3-5-10-15)13-7-6-8-14(11-13)17(18,19)20/h3-11,21H,1-2H3. The molecule has 0 saturated heterocycles. The maximum atomic E-state index is 12.8. The van der Waals surface area contributed by atoms with Crippen molar-refractivity contribution in [1.82, 2.24) is 0 Å². The average Bonchev–Trinajstić information content (AvgIpc) is 2.45. The lowest BCUT2D eigenvalue weighted by atomic mass is 10.0. The second-order valence-electron chi connectivity index (χ2n) is 4.94. The molecule has 0 aromatic heterocycles. The molecule has 0 spiro atoms. The van der Waals surface area contributed by atoms with Crippen LogP contribution < -0.4 is 5.32 Å². The van der Waals surface area contributed by atoms with Gasteiger partial charge in [-0.3, -0.25) is 0 Å². The van der Waals surface area contributed by atoms with Gasteiger partial charge in [0.25, 0.3) is 0 Å². The zero-order valence-electron chi connectivity index (χ0n) is 11.8. The van der Waals surface area contributed by atoms with E-state index in [-0.39, 0.29) is 0 Å². The van der Waals surface area contributed by atoms with Crippen molar-refractivity contribution in [3.63, 3.8) is 0 Å². The highest BCUT2D eigenvalue weighted by molar-refractivity contribution is 5.78. The van der Waals surface area contributed by atoms with E-state index in [1.54, 1.807) is 6.07 Å². The fraction of sp³-hybridized carbons (Fsp3) is 0.176. The highest BCUT2D eigenvalue weighted by atomic mass is 19.4. The lowest BCUT2D eigenvalue weighted by Gasteiger charge is -2.15. The highest BCUT2D eigenvalue weighted by Crippen LogP contribution is 2.31. The van der Waals surface area contributed by atoms with E-state index in [0.717, 1.165) is 23.4 Å². The Morgan fingerprint density at radius 3 is 2.14 bits per heavy atom. The molecule has 1 nitrogen and oxygen atoms in total. The molecule has 0 unspecified atom stereocenters. The van der Waals surface area contributed by atoms with Crippen LogP contribution >= 0.6 is 0 Å². The minimum Gasteiger partial charge on any atom is -0.355 e. The molecule has 0 aliphatic carbocycles. The molecule has 2 aromatic rings. The molecule has 1 N–H and O–H groups in total. The van der Waals surface area contributed by atoms with Crippen molar-refractivity contribution in [3.05, 3.63) is 71.3 Å². The Morgan fingerprint density at radius 1 is 0.905 bits per heavy atom. The third-order valence-electron chi connectivity index (χ3n) is 3.02. The van der Waals surface area contributed by atoms with Crippen molar-refractivity contribution in [1.29, 1.82) is 0 Å². The van der Waals surface area contributed by atoms with Gasteiger partial charge in [-0.2, -0.15) is 13.2 Å². The third-order valence-corrected chi connectivity index (χ3v) is 3.02. The van der Waals surface area contributed by atoms with Crippen molar-refractivity contribution in [2.45, 2.75) is 20.0 Å². The average molecular weight is 291 g/mol. The van der Waals surface area contributed by atoms with Crippen LogP contribution in [0, 0.1) is 0 Å². The van der Waals surface area contributed by atoms with Gasteiger partial charge in [0.1, 0.15) is 0 Å². The van der Waals surface area contributed by atoms with Crippen LogP contribution in [0.3, 0.4) is 0 Å². The van der Waals surface area contributed by atoms with Crippen molar-refractivity contribution >= 4 is 11.4 Å². The second kappa shape index (κ2) is 6.04. The number of benzene rings is 2. The zero-order valence-corrected chi connectivity index (χ0v) is 11.8. The number of anilines is 1. The molecule has 0 aliphatic heterocycles. The van der Waals surface area contributed by atoms with E-state index in [1.165, 1.54) is 6.07 Å². The van der Waals surface area contributed by atoms with Gasteiger partial charge in [0, 0.05) is 11.4 Å². The number of halogens is 3. The van der Waals surface area contributed by atoms with E-state index in [4.69, 9.17) is 0 Å². The van der Waals surface area contributed by atoms with Gasteiger partial charge >= 0.3 is 6.18 Å². The summed E-state index contributed by atoms with van der Waals surface area (Å²) in [7, 11) is 0. The molecule has 4 heteroatoms. The molecular weight excluding hydrogens is 275 g/mol. The molecule has 2 rings (SSSR count). The summed E-state index contributed by atoms with van der Waals surface area (Å²) < 4.78 is 38.5. The third kappa shape index (κ3) is 3.88. The Kier molecular flexibility index (Phi) is 4.36. The van der Waals surface area contributed by atoms with Crippen LogP contribution in [-0.4, -0.2) is 0 Å². The Hall–Kier alpha value is -2.23. The van der Waals surface area contributed by atoms with Crippen molar-refractivity contribution in [2.24, 2.45) is 0 Å². The smallest absolute Gasteiger partial charge is 0.355 e. The summed E-state index contributed by atoms with van der Waals surface area (Å²) in [5, 5.41) is 3.19. The predicted molar refractivity (Wildman–Crippen MR) is 79.8 cm³/mol. The van der Waals surface area contributed by atoms with E-state index in [0.29, 0.717) is 11.3 Å². The summed E-state index contributed by atoms with van der Waals surface area (Å²) >= 11 is 0. The summed E-state index contributed by atoms with van der Waals surface area (Å²) in [6.07, 6.45) is -4.34. The number of rotatable bonds is 3. The second-order valence-corrected chi connectivity index (χ2v) is 4.94. The van der Waals surface area contributed by atoms with E-state index >= 15 is 0 Å². The molecule has 0 atom stereocenters. The first-order valence-corrected chi connectivity index (χ1v) is 6.55. The molecule has 0 amide bonds. The number of allylic oxidation sites excluding steroid dienone is 1. The molecular formula is C17H16F3N. The largest absolute Gasteiger partial charge is 0.416 e. The number of nitrogens with one attached hydrogen (secondary N) is 1. The SMILES string of the molecule is CC(C)=C(Nc1ccccc1)c1cccc(C(F)(F)F)c1. The molecule has 0 radical (unpaired) electrons. The molecule has 0 saturated carbocycles. The summed E-state index contributed by atoms with van der Waals surface area (Å²) in [5.74, 6) is 0. The Balaban J connectivity index is 2.39. The van der Waals surface area contributed by atoms with Crippen LogP contribution in [0.5, 0.6) is 0 Å². The first-order valence-electron chi connectivity index (χ1n) is 6.55. The van der Waals surface area contributed by atoms with Crippen molar-refractivity contribution in [2.75, 3.05) is 5.32 Å². The molecule has 0 bridgehead atoms. The zero-order chi connectivity index (χ0) is 15.5. The minimum absolute atomic E-state index is 0.522. The van der Waals surface area contributed by atoms with Crippen LogP contribution in [-0.2, 0) is 6.18 Å². The van der Waals surface area contributed by atoms with Gasteiger partial charge < -0.3 is 5.32 Å². The van der Waals surface area contributed by atoms with Crippen LogP contribution in [0.2, 0.25) is 0 Å². The van der Waals surface area contributed by atoms with E-state index in [2.05, 4.69) is 5.32 Å². The molecule has 21 heavy (non-hydrogen) atoms. The maximum Gasteiger partial charge on any atom is 0.416 e. The van der Waals surface area contributed by atoms with Crippen LogP contribution in [0.15, 0.2) is 60.2 Å². The Labute approximate surface area is 122 Å². The summed E-state index contributed by atoms with van der Waals surface area (Å²) in [4.78, 5) is 0. The van der Waals surface area contributed by atoms with Gasteiger partial charge in [0.15, 0.2) is 0 Å². The highest BCUT2D eigenvalue weighted by Gasteiger charge is 2.30. The topological polar surface area (TPSA) is 12.0 Å². The van der Waals surface area contributed by atoms with Gasteiger partial charge in [-0.25, -0.2) is 0 Å². The predicted octanol–water partition coefficient (Wildman–Crippen LogP) is 5.57. The molecule has 0 heterocycles. The van der Waals surface area contributed by atoms with Gasteiger partial charge in [0.2, 0.25) is 0 Å². The summed E-state index contributed by atoms with van der Waals surface area (Å²) in [6, 6.07) is 14.7. The summed E-state index contributed by atoms with van der Waals surface area (Å²) in [6.45, 7) is 3.73. The van der Waals surface area contributed by atoms with Crippen molar-refractivity contribution in [3.8, 4) is 0 Å². The summed E-state index contributed by atoms with van der Waals surface area (Å²) in [5.41, 5.74) is 2.32. The Morgan fingerprint density at radius 2 is 1.57 bits per heavy atom. The Bertz CT molecular complexity index is 639. The van der Waals surface area contributed by atoms with Gasteiger partial charge in [0.05, 0.1) is 5.56 Å². The van der Waals surface area contributed by atoms with Gasteiger partial charge in [-0.1, -0.05) is 35.9 Å². The van der Waals surface area contributed by atoms with Crippen LogP contribution in [0.25, 0.3) is 5.70 Å². The molecule has 0 fully saturated rings. The first kappa shape index (κ1) is 15.2. The lowest BCUT2D eigenvalue weighted by molar-refractivity contribution is -0.137. The molecule has 0 aliphatic rings. The number of alkyl halides is 3. The molecule has 110 valence electrons. The number of hydrogen-bond donors (Lipinski definition) is 1. The quantitative estimate of drug-likeness (QED) is 0.779. The van der Waals surface area contributed by atoms with Crippen molar-refractivity contribution < 1.29 is 13.2 Å². The van der Waals surface area contributed by atoms with Crippen LogP contribution in [0.4, 0.5) is 18.9 Å². The van der Waals surface area contributed by atoms with E-state index in [1.807, 2.05) is 44.2 Å². The minimum atomic E-state index is -4.34. The fourth-order valence-corrected chi connectivity index (χ4v) is 2.00. The van der Waals surface area contributed by atoms with E-state index < -0.39 is 11.7 Å². The van der Waals surface area contributed by atoms with Gasteiger partial charge in [-0.15, -0.1) is 0 Å². The van der Waals surface area contributed by atoms with E-state index in [9.17, 15) is 13.2 Å². The number of para-hydroxylation sites is 1. The monoisotopic (exact) mass is 291 g/mol. The molecule has 2 aromatic carbocycles. The lowest BCUT2D eigenvalue weighted by Crippen LogP contribution is -2.07. The van der Waals surface area contributed by atoms with Gasteiger partial charge in [-0.05, 0) is 43.7 Å². The maximum absolute atomic E-state index is 12.8. The number of hydrogen-bond acceptors (Lipinski definition) is 1. The first-order chi connectivity index (χ1) is 9.88. The normalized spacial score (nSPS) is 11.1. The van der Waals surface area contributed by atoms with Crippen LogP contribution in [0.1, 0.15) is 25.0 Å².